The Hall–Kier alpha value is -2.29. The molecule has 2 aliphatic rings. The van der Waals surface area contributed by atoms with Crippen LogP contribution in [0.15, 0.2) is 18.2 Å². The summed E-state index contributed by atoms with van der Waals surface area (Å²) < 4.78 is 42.4. The SMILES string of the molecule is O=C1COc2cc(C(=O)N3CCN(CC(F)(F)F)CC3)ccc2N1. The van der Waals surface area contributed by atoms with Crippen LogP contribution in [0.25, 0.3) is 0 Å². The molecule has 1 aromatic carbocycles. The lowest BCUT2D eigenvalue weighted by Gasteiger charge is -2.35. The van der Waals surface area contributed by atoms with E-state index in [1.807, 2.05) is 0 Å². The summed E-state index contributed by atoms with van der Waals surface area (Å²) in [6, 6.07) is 4.69. The van der Waals surface area contributed by atoms with Crippen molar-refractivity contribution >= 4 is 17.5 Å². The molecule has 0 atom stereocenters. The Morgan fingerprint density at radius 1 is 1.21 bits per heavy atom. The zero-order valence-corrected chi connectivity index (χ0v) is 12.7. The van der Waals surface area contributed by atoms with Crippen molar-refractivity contribution in [3.63, 3.8) is 0 Å². The van der Waals surface area contributed by atoms with Crippen molar-refractivity contribution in [2.45, 2.75) is 6.18 Å². The summed E-state index contributed by atoms with van der Waals surface area (Å²) in [5.41, 5.74) is 0.881. The molecule has 9 heteroatoms. The van der Waals surface area contributed by atoms with E-state index in [9.17, 15) is 22.8 Å². The van der Waals surface area contributed by atoms with Gasteiger partial charge in [0, 0.05) is 31.7 Å². The van der Waals surface area contributed by atoms with Gasteiger partial charge in [-0.1, -0.05) is 0 Å². The molecule has 2 aliphatic heterocycles. The maximum atomic E-state index is 12.5. The van der Waals surface area contributed by atoms with Gasteiger partial charge < -0.3 is 15.0 Å². The molecule has 0 unspecified atom stereocenters. The fraction of sp³-hybridized carbons (Fsp3) is 0.467. The summed E-state index contributed by atoms with van der Waals surface area (Å²) in [7, 11) is 0. The Kier molecular flexibility index (Phi) is 4.35. The Labute approximate surface area is 136 Å². The molecule has 1 N–H and O–H groups in total. The highest BCUT2D eigenvalue weighted by atomic mass is 19.4. The number of benzene rings is 1. The average molecular weight is 343 g/mol. The number of alkyl halides is 3. The molecule has 130 valence electrons. The van der Waals surface area contributed by atoms with Gasteiger partial charge in [0.05, 0.1) is 12.2 Å². The Morgan fingerprint density at radius 2 is 1.92 bits per heavy atom. The topological polar surface area (TPSA) is 61.9 Å². The standard InChI is InChI=1S/C15H16F3N3O3/c16-15(17,18)9-20-3-5-21(6-4-20)14(23)10-1-2-11-12(7-10)24-8-13(22)19-11/h1-2,7H,3-6,8-9H2,(H,19,22). The third-order valence-electron chi connectivity index (χ3n) is 3.92. The predicted octanol–water partition coefficient (Wildman–Crippen LogP) is 1.34. The van der Waals surface area contributed by atoms with Crippen molar-refractivity contribution in [1.82, 2.24) is 9.80 Å². The number of carbonyl (C=O) groups is 2. The lowest BCUT2D eigenvalue weighted by molar-refractivity contribution is -0.148. The van der Waals surface area contributed by atoms with Crippen LogP contribution >= 0.6 is 0 Å². The van der Waals surface area contributed by atoms with Crippen LogP contribution in [0.5, 0.6) is 5.75 Å². The molecule has 0 spiro atoms. The number of amides is 2. The predicted molar refractivity (Wildman–Crippen MR) is 79.0 cm³/mol. The fourth-order valence-electron chi connectivity index (χ4n) is 2.75. The second-order valence-corrected chi connectivity index (χ2v) is 5.73. The largest absolute Gasteiger partial charge is 0.482 e. The van der Waals surface area contributed by atoms with Crippen molar-refractivity contribution in [2.24, 2.45) is 0 Å². The van der Waals surface area contributed by atoms with Gasteiger partial charge in [0.2, 0.25) is 0 Å². The third-order valence-corrected chi connectivity index (χ3v) is 3.92. The molecule has 0 aromatic heterocycles. The number of ether oxygens (including phenoxy) is 1. The molecule has 24 heavy (non-hydrogen) atoms. The summed E-state index contributed by atoms with van der Waals surface area (Å²) in [6.45, 7) is -0.221. The third kappa shape index (κ3) is 3.78. The number of fused-ring (bicyclic) bond motifs is 1. The van der Waals surface area contributed by atoms with E-state index in [0.717, 1.165) is 0 Å². The van der Waals surface area contributed by atoms with Gasteiger partial charge >= 0.3 is 6.18 Å². The average Bonchev–Trinajstić information content (AvgIpc) is 2.53. The maximum Gasteiger partial charge on any atom is 0.401 e. The van der Waals surface area contributed by atoms with Crippen LogP contribution in [-0.2, 0) is 4.79 Å². The molecular weight excluding hydrogens is 327 g/mol. The van der Waals surface area contributed by atoms with E-state index in [2.05, 4.69) is 5.32 Å². The quantitative estimate of drug-likeness (QED) is 0.880. The van der Waals surface area contributed by atoms with Crippen molar-refractivity contribution in [1.29, 1.82) is 0 Å². The van der Waals surface area contributed by atoms with E-state index in [4.69, 9.17) is 4.74 Å². The zero-order valence-electron chi connectivity index (χ0n) is 12.7. The highest BCUT2D eigenvalue weighted by Crippen LogP contribution is 2.29. The van der Waals surface area contributed by atoms with E-state index in [1.165, 1.54) is 9.80 Å². The second kappa shape index (κ2) is 6.31. The van der Waals surface area contributed by atoms with Crippen LogP contribution in [-0.4, -0.2) is 67.1 Å². The highest BCUT2D eigenvalue weighted by molar-refractivity contribution is 5.99. The minimum absolute atomic E-state index is 0.110. The second-order valence-electron chi connectivity index (χ2n) is 5.73. The Morgan fingerprint density at radius 3 is 2.58 bits per heavy atom. The van der Waals surface area contributed by atoms with E-state index in [-0.39, 0.29) is 44.6 Å². The number of anilines is 1. The lowest BCUT2D eigenvalue weighted by Crippen LogP contribution is -2.50. The van der Waals surface area contributed by atoms with E-state index >= 15 is 0 Å². The van der Waals surface area contributed by atoms with Gasteiger partial charge in [-0.2, -0.15) is 13.2 Å². The van der Waals surface area contributed by atoms with Gasteiger partial charge in [-0.15, -0.1) is 0 Å². The number of halogens is 3. The normalized spacial score (nSPS) is 18.6. The first-order valence-electron chi connectivity index (χ1n) is 7.47. The smallest absolute Gasteiger partial charge is 0.401 e. The summed E-state index contributed by atoms with van der Waals surface area (Å²) >= 11 is 0. The molecule has 1 saturated heterocycles. The van der Waals surface area contributed by atoms with Gasteiger partial charge in [0.25, 0.3) is 11.8 Å². The first-order valence-corrected chi connectivity index (χ1v) is 7.47. The van der Waals surface area contributed by atoms with Crippen LogP contribution in [0.3, 0.4) is 0 Å². The first-order chi connectivity index (χ1) is 11.3. The van der Waals surface area contributed by atoms with Crippen LogP contribution in [0.1, 0.15) is 10.4 Å². The Balaban J connectivity index is 1.63. The van der Waals surface area contributed by atoms with Crippen molar-refractivity contribution < 1.29 is 27.5 Å². The number of nitrogens with zero attached hydrogens (tertiary/aromatic N) is 2. The van der Waals surface area contributed by atoms with Crippen molar-refractivity contribution in [3.8, 4) is 5.75 Å². The summed E-state index contributed by atoms with van der Waals surface area (Å²) in [4.78, 5) is 26.5. The van der Waals surface area contributed by atoms with Crippen LogP contribution in [0.4, 0.5) is 18.9 Å². The number of piperazine rings is 1. The van der Waals surface area contributed by atoms with Gasteiger partial charge in [-0.25, -0.2) is 0 Å². The molecule has 1 fully saturated rings. The number of carbonyl (C=O) groups excluding carboxylic acids is 2. The molecule has 2 amide bonds. The number of nitrogens with one attached hydrogen (secondary N) is 1. The lowest BCUT2D eigenvalue weighted by atomic mass is 10.1. The van der Waals surface area contributed by atoms with E-state index in [1.54, 1.807) is 18.2 Å². The molecule has 1 aromatic rings. The summed E-state index contributed by atoms with van der Waals surface area (Å²) in [5.74, 6) is -0.108. The number of rotatable bonds is 2. The molecule has 0 saturated carbocycles. The monoisotopic (exact) mass is 343 g/mol. The van der Waals surface area contributed by atoms with E-state index < -0.39 is 12.7 Å². The molecule has 2 heterocycles. The van der Waals surface area contributed by atoms with Crippen LogP contribution < -0.4 is 10.1 Å². The number of hydrogen-bond acceptors (Lipinski definition) is 4. The van der Waals surface area contributed by atoms with Crippen LogP contribution in [0, 0.1) is 0 Å². The molecule has 0 bridgehead atoms. The molecule has 0 radical (unpaired) electrons. The minimum Gasteiger partial charge on any atom is -0.482 e. The van der Waals surface area contributed by atoms with Crippen LogP contribution in [0.2, 0.25) is 0 Å². The van der Waals surface area contributed by atoms with E-state index in [0.29, 0.717) is 17.0 Å². The summed E-state index contributed by atoms with van der Waals surface area (Å²) in [6.07, 6.45) is -4.23. The Bertz CT molecular complexity index is 655. The number of hydrogen-bond donors (Lipinski definition) is 1. The first kappa shape index (κ1) is 16.6. The van der Waals surface area contributed by atoms with Gasteiger partial charge in [-0.3, -0.25) is 14.5 Å². The highest BCUT2D eigenvalue weighted by Gasteiger charge is 2.33. The maximum absolute atomic E-state index is 12.5. The van der Waals surface area contributed by atoms with Gasteiger partial charge in [-0.05, 0) is 18.2 Å². The fourth-order valence-corrected chi connectivity index (χ4v) is 2.75. The summed E-state index contributed by atoms with van der Waals surface area (Å²) in [5, 5.41) is 2.63. The molecule has 6 nitrogen and oxygen atoms in total. The molecule has 0 aliphatic carbocycles. The molecular formula is C15H16F3N3O3. The zero-order chi connectivity index (χ0) is 17.3. The minimum atomic E-state index is -4.23. The van der Waals surface area contributed by atoms with Gasteiger partial charge in [0.1, 0.15) is 5.75 Å². The van der Waals surface area contributed by atoms with Crippen molar-refractivity contribution in [3.05, 3.63) is 23.8 Å². The van der Waals surface area contributed by atoms with Crippen molar-refractivity contribution in [2.75, 3.05) is 44.6 Å². The van der Waals surface area contributed by atoms with Gasteiger partial charge in [0.15, 0.2) is 6.61 Å². The molecule has 3 rings (SSSR count).